The van der Waals surface area contributed by atoms with Gasteiger partial charge in [0.05, 0.1) is 0 Å². The Kier molecular flexibility index (Phi) is 3.16. The molecule has 2 aliphatic carbocycles. The zero-order valence-corrected chi connectivity index (χ0v) is 11.5. The van der Waals surface area contributed by atoms with Crippen LogP contribution in [-0.2, 0) is 0 Å². The first-order chi connectivity index (χ1) is 8.66. The molecular formula is C16H24N2. The number of hydrogen-bond acceptors (Lipinski definition) is 2. The average molecular weight is 244 g/mol. The summed E-state index contributed by atoms with van der Waals surface area (Å²) in [5, 5.41) is 0. The van der Waals surface area contributed by atoms with Crippen LogP contribution in [0.2, 0.25) is 0 Å². The third kappa shape index (κ3) is 2.19. The Bertz CT molecular complexity index is 425. The van der Waals surface area contributed by atoms with E-state index in [0.717, 1.165) is 5.92 Å². The Balaban J connectivity index is 1.81. The third-order valence-electron chi connectivity index (χ3n) is 4.70. The summed E-state index contributed by atoms with van der Waals surface area (Å²) in [6, 6.07) is 9.41. The normalized spacial score (nSPS) is 31.4. The quantitative estimate of drug-likeness (QED) is 0.886. The largest absolute Gasteiger partial charge is 0.323 e. The molecule has 0 heterocycles. The summed E-state index contributed by atoms with van der Waals surface area (Å²) >= 11 is 0. The highest BCUT2D eigenvalue weighted by molar-refractivity contribution is 5.36. The Morgan fingerprint density at radius 1 is 1.22 bits per heavy atom. The molecule has 2 N–H and O–H groups in total. The van der Waals surface area contributed by atoms with Gasteiger partial charge in [0.15, 0.2) is 0 Å². The van der Waals surface area contributed by atoms with Crippen molar-refractivity contribution in [2.75, 3.05) is 13.6 Å². The second kappa shape index (κ2) is 4.67. The van der Waals surface area contributed by atoms with Gasteiger partial charge in [-0.05, 0) is 49.3 Å². The van der Waals surface area contributed by atoms with E-state index >= 15 is 0 Å². The van der Waals surface area contributed by atoms with Crippen LogP contribution in [0.4, 0.5) is 0 Å². The maximum atomic E-state index is 6.51. The molecule has 1 fully saturated rings. The van der Waals surface area contributed by atoms with E-state index in [1.54, 1.807) is 0 Å². The van der Waals surface area contributed by atoms with Gasteiger partial charge in [0, 0.05) is 18.6 Å². The van der Waals surface area contributed by atoms with Crippen molar-refractivity contribution in [3.63, 3.8) is 0 Å². The highest BCUT2D eigenvalue weighted by Crippen LogP contribution is 2.39. The van der Waals surface area contributed by atoms with Crippen LogP contribution in [0.5, 0.6) is 0 Å². The molecule has 2 aliphatic rings. The lowest BCUT2D eigenvalue weighted by molar-refractivity contribution is 0.175. The average Bonchev–Trinajstić information content (AvgIpc) is 3.17. The minimum absolute atomic E-state index is 0.182. The van der Waals surface area contributed by atoms with E-state index in [4.69, 9.17) is 5.73 Å². The Morgan fingerprint density at radius 2 is 1.89 bits per heavy atom. The smallest absolute Gasteiger partial charge is 0.0456 e. The molecule has 3 unspecified atom stereocenters. The van der Waals surface area contributed by atoms with Crippen LogP contribution >= 0.6 is 0 Å². The van der Waals surface area contributed by atoms with Gasteiger partial charge in [-0.25, -0.2) is 0 Å². The van der Waals surface area contributed by atoms with Crippen molar-refractivity contribution in [2.45, 2.75) is 44.2 Å². The van der Waals surface area contributed by atoms with Gasteiger partial charge >= 0.3 is 0 Å². The molecule has 3 atom stereocenters. The monoisotopic (exact) mass is 244 g/mol. The van der Waals surface area contributed by atoms with E-state index in [2.05, 4.69) is 43.1 Å². The first kappa shape index (κ1) is 12.2. The summed E-state index contributed by atoms with van der Waals surface area (Å²) < 4.78 is 0. The summed E-state index contributed by atoms with van der Waals surface area (Å²) in [6.07, 6.45) is 4.03. The molecule has 0 radical (unpaired) electrons. The number of likely N-dealkylation sites (N-methyl/N-ethyl adjacent to an activating group) is 1. The molecule has 0 saturated heterocycles. The number of fused-ring (bicyclic) bond motifs is 1. The predicted octanol–water partition coefficient (Wildman–Crippen LogP) is 2.90. The zero-order chi connectivity index (χ0) is 12.7. The van der Waals surface area contributed by atoms with E-state index in [-0.39, 0.29) is 6.04 Å². The lowest BCUT2D eigenvalue weighted by Crippen LogP contribution is -2.45. The summed E-state index contributed by atoms with van der Waals surface area (Å²) in [4.78, 5) is 2.51. The fraction of sp³-hybridized carbons (Fsp3) is 0.625. The number of nitrogens with zero attached hydrogens (tertiary/aromatic N) is 1. The molecule has 98 valence electrons. The van der Waals surface area contributed by atoms with Crippen molar-refractivity contribution in [2.24, 2.45) is 11.7 Å². The van der Waals surface area contributed by atoms with Gasteiger partial charge in [-0.15, -0.1) is 0 Å². The fourth-order valence-corrected chi connectivity index (χ4v) is 3.40. The standard InChI is InChI=1S/C16H24N2/c1-11-9-15(18(2)10-12-7-8-12)16(17)14-6-4-3-5-13(11)14/h3-6,11-12,15-16H,7-10,17H2,1-2H3. The van der Waals surface area contributed by atoms with E-state index in [1.807, 2.05) is 0 Å². The minimum atomic E-state index is 0.182. The number of hydrogen-bond donors (Lipinski definition) is 1. The molecule has 0 bridgehead atoms. The van der Waals surface area contributed by atoms with E-state index in [0.29, 0.717) is 12.0 Å². The molecule has 0 aliphatic heterocycles. The van der Waals surface area contributed by atoms with Crippen LogP contribution < -0.4 is 5.73 Å². The summed E-state index contributed by atoms with van der Waals surface area (Å²) in [7, 11) is 2.25. The third-order valence-corrected chi connectivity index (χ3v) is 4.70. The minimum Gasteiger partial charge on any atom is -0.323 e. The summed E-state index contributed by atoms with van der Waals surface area (Å²) in [5.41, 5.74) is 9.33. The van der Waals surface area contributed by atoms with Crippen LogP contribution in [0.3, 0.4) is 0 Å². The molecular weight excluding hydrogens is 220 g/mol. The predicted molar refractivity (Wildman–Crippen MR) is 75.5 cm³/mol. The van der Waals surface area contributed by atoms with Crippen molar-refractivity contribution < 1.29 is 0 Å². The second-order valence-electron chi connectivity index (χ2n) is 6.24. The number of benzene rings is 1. The lowest BCUT2D eigenvalue weighted by Gasteiger charge is -2.40. The molecule has 1 aromatic rings. The van der Waals surface area contributed by atoms with Gasteiger partial charge in [0.25, 0.3) is 0 Å². The van der Waals surface area contributed by atoms with Crippen LogP contribution in [0.25, 0.3) is 0 Å². The molecule has 18 heavy (non-hydrogen) atoms. The van der Waals surface area contributed by atoms with E-state index < -0.39 is 0 Å². The summed E-state index contributed by atoms with van der Waals surface area (Å²) in [5.74, 6) is 1.57. The number of nitrogens with two attached hydrogens (primary N) is 1. The fourth-order valence-electron chi connectivity index (χ4n) is 3.40. The van der Waals surface area contributed by atoms with Gasteiger partial charge in [-0.2, -0.15) is 0 Å². The molecule has 1 saturated carbocycles. The van der Waals surface area contributed by atoms with Crippen LogP contribution in [0.1, 0.15) is 49.3 Å². The van der Waals surface area contributed by atoms with Crippen molar-refractivity contribution >= 4 is 0 Å². The molecule has 0 amide bonds. The van der Waals surface area contributed by atoms with Gasteiger partial charge in [0.1, 0.15) is 0 Å². The van der Waals surface area contributed by atoms with Crippen LogP contribution in [-0.4, -0.2) is 24.5 Å². The van der Waals surface area contributed by atoms with Crippen molar-refractivity contribution in [3.8, 4) is 0 Å². The topological polar surface area (TPSA) is 29.3 Å². The molecule has 3 rings (SSSR count). The molecule has 0 spiro atoms. The maximum Gasteiger partial charge on any atom is 0.0456 e. The molecule has 2 heteroatoms. The van der Waals surface area contributed by atoms with Crippen LogP contribution in [0, 0.1) is 5.92 Å². The highest BCUT2D eigenvalue weighted by atomic mass is 15.2. The first-order valence-electron chi connectivity index (χ1n) is 7.21. The number of rotatable bonds is 3. The highest BCUT2D eigenvalue weighted by Gasteiger charge is 2.34. The Morgan fingerprint density at radius 3 is 2.56 bits per heavy atom. The Hall–Kier alpha value is -0.860. The van der Waals surface area contributed by atoms with Gasteiger partial charge in [0.2, 0.25) is 0 Å². The second-order valence-corrected chi connectivity index (χ2v) is 6.24. The lowest BCUT2D eigenvalue weighted by atomic mass is 9.78. The van der Waals surface area contributed by atoms with E-state index in [1.165, 1.54) is 36.9 Å². The van der Waals surface area contributed by atoms with Crippen molar-refractivity contribution in [1.29, 1.82) is 0 Å². The van der Waals surface area contributed by atoms with E-state index in [9.17, 15) is 0 Å². The Labute approximate surface area is 110 Å². The van der Waals surface area contributed by atoms with Gasteiger partial charge < -0.3 is 10.6 Å². The molecule has 2 nitrogen and oxygen atoms in total. The molecule has 1 aromatic carbocycles. The maximum absolute atomic E-state index is 6.51. The first-order valence-corrected chi connectivity index (χ1v) is 7.21. The van der Waals surface area contributed by atoms with Crippen LogP contribution in [0.15, 0.2) is 24.3 Å². The SMILES string of the molecule is CC1CC(N(C)CC2CC2)C(N)c2ccccc21. The summed E-state index contributed by atoms with van der Waals surface area (Å²) in [6.45, 7) is 3.57. The van der Waals surface area contributed by atoms with Crippen molar-refractivity contribution in [3.05, 3.63) is 35.4 Å². The van der Waals surface area contributed by atoms with Gasteiger partial charge in [-0.1, -0.05) is 31.2 Å². The zero-order valence-electron chi connectivity index (χ0n) is 11.5. The van der Waals surface area contributed by atoms with Crippen molar-refractivity contribution in [1.82, 2.24) is 4.90 Å². The molecule has 0 aromatic heterocycles. The van der Waals surface area contributed by atoms with Gasteiger partial charge in [-0.3, -0.25) is 0 Å².